The first-order valence-corrected chi connectivity index (χ1v) is 9.61. The maximum atomic E-state index is 12.8. The van der Waals surface area contributed by atoms with E-state index in [0.717, 1.165) is 30.9 Å². The van der Waals surface area contributed by atoms with Gasteiger partial charge in [0, 0.05) is 42.3 Å². The van der Waals surface area contributed by atoms with Gasteiger partial charge in [0.25, 0.3) is 5.91 Å². The number of carbonyl (C=O) groups is 1. The first kappa shape index (κ1) is 16.8. The molecular formula is C19H20N4O2S. The Labute approximate surface area is 155 Å². The minimum absolute atomic E-state index is 0.00677. The van der Waals surface area contributed by atoms with Crippen molar-refractivity contribution in [3.05, 3.63) is 64.6 Å². The zero-order valence-corrected chi connectivity index (χ0v) is 15.1. The van der Waals surface area contributed by atoms with Crippen LogP contribution in [0.15, 0.2) is 47.5 Å². The lowest BCUT2D eigenvalue weighted by Crippen LogP contribution is -2.39. The first-order valence-electron chi connectivity index (χ1n) is 8.67. The Hall–Kier alpha value is -2.67. The molecule has 0 radical (unpaired) electrons. The normalized spacial score (nSPS) is 17.4. The molecule has 0 bridgehead atoms. The van der Waals surface area contributed by atoms with E-state index >= 15 is 0 Å². The second-order valence-electron chi connectivity index (χ2n) is 6.53. The topological polar surface area (TPSA) is 71.2 Å². The molecule has 0 spiro atoms. The van der Waals surface area contributed by atoms with Gasteiger partial charge < -0.3 is 14.6 Å². The van der Waals surface area contributed by atoms with Crippen molar-refractivity contribution in [2.45, 2.75) is 25.3 Å². The number of rotatable bonds is 4. The molecule has 0 unspecified atom stereocenters. The lowest BCUT2D eigenvalue weighted by atomic mass is 9.96. The summed E-state index contributed by atoms with van der Waals surface area (Å²) < 4.78 is 2.13. The van der Waals surface area contributed by atoms with Crippen LogP contribution in [0.2, 0.25) is 0 Å². The van der Waals surface area contributed by atoms with E-state index in [2.05, 4.69) is 14.5 Å². The summed E-state index contributed by atoms with van der Waals surface area (Å²) in [5, 5.41) is 11.5. The molecule has 1 saturated heterocycles. The van der Waals surface area contributed by atoms with Crippen molar-refractivity contribution >= 4 is 17.2 Å². The number of imidazole rings is 1. The summed E-state index contributed by atoms with van der Waals surface area (Å²) in [6.07, 6.45) is 5.78. The lowest BCUT2D eigenvalue weighted by molar-refractivity contribution is 0.0703. The van der Waals surface area contributed by atoms with Gasteiger partial charge in [0.15, 0.2) is 0 Å². The number of aromatic hydroxyl groups is 1. The van der Waals surface area contributed by atoms with Crippen LogP contribution in [0.5, 0.6) is 5.75 Å². The molecule has 26 heavy (non-hydrogen) atoms. The van der Waals surface area contributed by atoms with Crippen molar-refractivity contribution < 1.29 is 9.90 Å². The Kier molecular flexibility index (Phi) is 4.71. The Morgan fingerprint density at radius 3 is 2.88 bits per heavy atom. The maximum Gasteiger partial charge on any atom is 0.253 e. The van der Waals surface area contributed by atoms with Gasteiger partial charge in [-0.15, -0.1) is 11.3 Å². The molecule has 1 amide bonds. The van der Waals surface area contributed by atoms with E-state index in [0.29, 0.717) is 18.7 Å². The summed E-state index contributed by atoms with van der Waals surface area (Å²) in [4.78, 5) is 23.6. The number of phenolic OH excluding ortho intramolecular Hbond substituents is 1. The molecule has 0 aliphatic carbocycles. The highest BCUT2D eigenvalue weighted by molar-refractivity contribution is 7.07. The number of hydrogen-bond donors (Lipinski definition) is 1. The number of amides is 1. The molecule has 1 fully saturated rings. The van der Waals surface area contributed by atoms with Crippen LogP contribution in [0.4, 0.5) is 0 Å². The highest BCUT2D eigenvalue weighted by Crippen LogP contribution is 2.27. The van der Waals surface area contributed by atoms with Crippen molar-refractivity contribution in [2.24, 2.45) is 0 Å². The Morgan fingerprint density at radius 2 is 2.12 bits per heavy atom. The molecule has 1 aliphatic rings. The molecule has 3 heterocycles. The molecule has 1 aromatic carbocycles. The van der Waals surface area contributed by atoms with E-state index < -0.39 is 0 Å². The van der Waals surface area contributed by atoms with Crippen LogP contribution >= 0.6 is 11.3 Å². The van der Waals surface area contributed by atoms with Crippen molar-refractivity contribution in [1.82, 2.24) is 19.4 Å². The third kappa shape index (κ3) is 3.48. The molecule has 4 rings (SSSR count). The van der Waals surface area contributed by atoms with Gasteiger partial charge in [-0.2, -0.15) is 0 Å². The van der Waals surface area contributed by atoms with Gasteiger partial charge >= 0.3 is 0 Å². The quantitative estimate of drug-likeness (QED) is 0.768. The molecule has 3 aromatic rings. The fourth-order valence-corrected chi connectivity index (χ4v) is 4.01. The average Bonchev–Trinajstić information content (AvgIpc) is 3.34. The van der Waals surface area contributed by atoms with Crippen LogP contribution in [0.3, 0.4) is 0 Å². The highest BCUT2D eigenvalue weighted by atomic mass is 32.1. The number of piperidine rings is 1. The summed E-state index contributed by atoms with van der Waals surface area (Å²) >= 11 is 1.59. The largest absolute Gasteiger partial charge is 0.508 e. The van der Waals surface area contributed by atoms with Crippen LogP contribution in [-0.2, 0) is 6.54 Å². The predicted molar refractivity (Wildman–Crippen MR) is 99.4 cm³/mol. The van der Waals surface area contributed by atoms with Gasteiger partial charge in [0.1, 0.15) is 11.6 Å². The molecule has 2 aromatic heterocycles. The number of benzene rings is 1. The zero-order chi connectivity index (χ0) is 17.9. The fraction of sp³-hybridized carbons (Fsp3) is 0.316. The number of thiazole rings is 1. The molecule has 1 atom stereocenters. The molecule has 134 valence electrons. The third-order valence-electron chi connectivity index (χ3n) is 4.75. The van der Waals surface area contributed by atoms with Crippen LogP contribution in [-0.4, -0.2) is 43.5 Å². The van der Waals surface area contributed by atoms with Crippen molar-refractivity contribution in [1.29, 1.82) is 0 Å². The van der Waals surface area contributed by atoms with Crippen molar-refractivity contribution in [2.75, 3.05) is 13.1 Å². The van der Waals surface area contributed by atoms with Crippen LogP contribution < -0.4 is 0 Å². The summed E-state index contributed by atoms with van der Waals surface area (Å²) in [6, 6.07) is 6.44. The van der Waals surface area contributed by atoms with Crippen LogP contribution in [0, 0.1) is 0 Å². The van der Waals surface area contributed by atoms with E-state index in [4.69, 9.17) is 0 Å². The van der Waals surface area contributed by atoms with Gasteiger partial charge in [-0.25, -0.2) is 9.97 Å². The van der Waals surface area contributed by atoms with Gasteiger partial charge in [-0.1, -0.05) is 0 Å². The average molecular weight is 368 g/mol. The number of carbonyl (C=O) groups excluding carboxylic acids is 1. The molecule has 1 aliphatic heterocycles. The van der Waals surface area contributed by atoms with Gasteiger partial charge in [0.05, 0.1) is 17.7 Å². The lowest BCUT2D eigenvalue weighted by Gasteiger charge is -2.32. The third-order valence-corrected chi connectivity index (χ3v) is 5.39. The smallest absolute Gasteiger partial charge is 0.253 e. The maximum absolute atomic E-state index is 12.8. The SMILES string of the molecule is O=C(c1ccc(O)cc1)N1CCC[C@H](c2nccn2Cc2cscn2)C1. The van der Waals surface area contributed by atoms with Gasteiger partial charge in [-0.05, 0) is 37.1 Å². The molecule has 7 heteroatoms. The van der Waals surface area contributed by atoms with Gasteiger partial charge in [0.2, 0.25) is 0 Å². The second kappa shape index (κ2) is 7.29. The second-order valence-corrected chi connectivity index (χ2v) is 7.25. The Morgan fingerprint density at radius 1 is 1.27 bits per heavy atom. The highest BCUT2D eigenvalue weighted by Gasteiger charge is 2.28. The number of hydrogen-bond acceptors (Lipinski definition) is 5. The zero-order valence-electron chi connectivity index (χ0n) is 14.3. The number of nitrogens with zero attached hydrogens (tertiary/aromatic N) is 4. The molecule has 1 N–H and O–H groups in total. The minimum Gasteiger partial charge on any atom is -0.508 e. The van der Waals surface area contributed by atoms with Crippen molar-refractivity contribution in [3.8, 4) is 5.75 Å². The first-order chi connectivity index (χ1) is 12.7. The molecule has 6 nitrogen and oxygen atoms in total. The summed E-state index contributed by atoms with van der Waals surface area (Å²) in [6.45, 7) is 2.12. The van der Waals surface area contributed by atoms with E-state index in [9.17, 15) is 9.90 Å². The van der Waals surface area contributed by atoms with E-state index in [1.54, 1.807) is 35.6 Å². The minimum atomic E-state index is 0.00677. The molecule has 0 saturated carbocycles. The predicted octanol–water partition coefficient (Wildman–Crippen LogP) is 3.11. The monoisotopic (exact) mass is 368 g/mol. The van der Waals surface area contributed by atoms with Crippen LogP contribution in [0.25, 0.3) is 0 Å². The number of phenols is 1. The van der Waals surface area contributed by atoms with E-state index in [1.165, 1.54) is 0 Å². The fourth-order valence-electron chi connectivity index (χ4n) is 3.46. The number of likely N-dealkylation sites (tertiary alicyclic amines) is 1. The van der Waals surface area contributed by atoms with Crippen LogP contribution in [0.1, 0.15) is 40.6 Å². The number of aromatic nitrogens is 3. The summed E-state index contributed by atoms with van der Waals surface area (Å²) in [7, 11) is 0. The standard InChI is InChI=1S/C19H20N4O2S/c24-17-5-3-14(4-6-17)19(25)23-8-1-2-15(10-23)18-20-7-9-22(18)11-16-12-26-13-21-16/h3-7,9,12-13,15,24H,1-2,8,10-11H2/t15-/m0/s1. The summed E-state index contributed by atoms with van der Waals surface area (Å²) in [5.41, 5.74) is 3.47. The molecular weight excluding hydrogens is 348 g/mol. The van der Waals surface area contributed by atoms with E-state index in [-0.39, 0.29) is 17.6 Å². The van der Waals surface area contributed by atoms with Gasteiger partial charge in [-0.3, -0.25) is 4.79 Å². The summed E-state index contributed by atoms with van der Waals surface area (Å²) in [5.74, 6) is 1.41. The Bertz CT molecular complexity index is 873. The Balaban J connectivity index is 1.50. The van der Waals surface area contributed by atoms with Crippen molar-refractivity contribution in [3.63, 3.8) is 0 Å². The van der Waals surface area contributed by atoms with E-state index in [1.807, 2.05) is 28.2 Å².